The number of aliphatic hydroxyl groups excluding tert-OH is 1. The van der Waals surface area contributed by atoms with Crippen molar-refractivity contribution in [2.75, 3.05) is 19.5 Å². The van der Waals surface area contributed by atoms with Crippen LogP contribution in [-0.4, -0.2) is 50.1 Å². The van der Waals surface area contributed by atoms with E-state index in [2.05, 4.69) is 5.32 Å². The summed E-state index contributed by atoms with van der Waals surface area (Å²) in [4.78, 5) is 11.1. The van der Waals surface area contributed by atoms with Crippen molar-refractivity contribution in [1.82, 2.24) is 5.32 Å². The predicted molar refractivity (Wildman–Crippen MR) is 74.1 cm³/mol. The summed E-state index contributed by atoms with van der Waals surface area (Å²) >= 11 is 0. The van der Waals surface area contributed by atoms with Gasteiger partial charge in [-0.25, -0.2) is 12.8 Å². The number of hydrogen-bond acceptors (Lipinski definition) is 5. The highest BCUT2D eigenvalue weighted by molar-refractivity contribution is 7.90. The lowest BCUT2D eigenvalue weighted by Crippen LogP contribution is -2.53. The number of hydrogen-bond donors (Lipinski definition) is 3. The van der Waals surface area contributed by atoms with E-state index in [0.29, 0.717) is 0 Å². The first-order valence-corrected chi connectivity index (χ1v) is 8.01. The van der Waals surface area contributed by atoms with Crippen molar-refractivity contribution in [2.24, 2.45) is 0 Å². The van der Waals surface area contributed by atoms with Gasteiger partial charge in [0.25, 0.3) is 0 Å². The fourth-order valence-electron chi connectivity index (χ4n) is 1.92. The molecule has 0 saturated heterocycles. The zero-order chi connectivity index (χ0) is 16.3. The fraction of sp³-hybridized carbons (Fsp3) is 0.462. The lowest BCUT2D eigenvalue weighted by atomic mass is 9.87. The van der Waals surface area contributed by atoms with Crippen molar-refractivity contribution in [3.63, 3.8) is 0 Å². The van der Waals surface area contributed by atoms with Gasteiger partial charge in [-0.2, -0.15) is 0 Å². The molecule has 0 aliphatic carbocycles. The molecule has 0 heterocycles. The van der Waals surface area contributed by atoms with E-state index in [1.54, 1.807) is 0 Å². The van der Waals surface area contributed by atoms with Crippen molar-refractivity contribution in [1.29, 1.82) is 0 Å². The standard InChI is InChI=1S/C13H18FNO5S/c1-9(17)15-12(7-14)13(18,8-16)10-3-5-11(6-4-10)21(2,19)20/h3-6,12,16,18H,7-8H2,1-2H3,(H,15,17)/t12-,13-/m1/s1. The molecule has 0 aliphatic heterocycles. The normalized spacial score (nSPS) is 16.0. The third-order valence-electron chi connectivity index (χ3n) is 3.13. The molecule has 0 aliphatic rings. The van der Waals surface area contributed by atoms with Crippen LogP contribution in [0, 0.1) is 0 Å². The number of nitrogens with one attached hydrogen (secondary N) is 1. The largest absolute Gasteiger partial charge is 0.393 e. The molecule has 1 amide bonds. The average Bonchev–Trinajstić information content (AvgIpc) is 2.43. The van der Waals surface area contributed by atoms with Gasteiger partial charge in [0.2, 0.25) is 5.91 Å². The number of sulfone groups is 1. The second kappa shape index (κ2) is 6.50. The molecule has 1 aromatic carbocycles. The van der Waals surface area contributed by atoms with Gasteiger partial charge in [0.15, 0.2) is 9.84 Å². The van der Waals surface area contributed by atoms with Crippen LogP contribution in [0.5, 0.6) is 0 Å². The minimum absolute atomic E-state index is 0.0304. The highest BCUT2D eigenvalue weighted by Gasteiger charge is 2.39. The predicted octanol–water partition coefficient (Wildman–Crippen LogP) is -0.256. The van der Waals surface area contributed by atoms with Crippen LogP contribution in [0.1, 0.15) is 12.5 Å². The summed E-state index contributed by atoms with van der Waals surface area (Å²) < 4.78 is 35.8. The second-order valence-electron chi connectivity index (χ2n) is 4.79. The molecule has 8 heteroatoms. The van der Waals surface area contributed by atoms with E-state index < -0.39 is 40.7 Å². The second-order valence-corrected chi connectivity index (χ2v) is 6.80. The molecule has 0 fully saturated rings. The van der Waals surface area contributed by atoms with Crippen molar-refractivity contribution in [3.05, 3.63) is 29.8 Å². The molecule has 118 valence electrons. The number of alkyl halides is 1. The Hall–Kier alpha value is -1.51. The first kappa shape index (κ1) is 17.5. The maximum Gasteiger partial charge on any atom is 0.217 e. The van der Waals surface area contributed by atoms with E-state index in [1.807, 2.05) is 0 Å². The Morgan fingerprint density at radius 3 is 2.24 bits per heavy atom. The van der Waals surface area contributed by atoms with Crippen LogP contribution < -0.4 is 5.32 Å². The lowest BCUT2D eigenvalue weighted by molar-refractivity contribution is -0.124. The quantitative estimate of drug-likeness (QED) is 0.670. The topological polar surface area (TPSA) is 104 Å². The van der Waals surface area contributed by atoms with E-state index in [4.69, 9.17) is 0 Å². The monoisotopic (exact) mass is 319 g/mol. The molecular weight excluding hydrogens is 301 g/mol. The van der Waals surface area contributed by atoms with Crippen LogP contribution in [0.3, 0.4) is 0 Å². The molecule has 0 spiro atoms. The van der Waals surface area contributed by atoms with Gasteiger partial charge in [0, 0.05) is 13.2 Å². The minimum atomic E-state index is -3.40. The van der Waals surface area contributed by atoms with E-state index in [1.165, 1.54) is 24.3 Å². The number of rotatable bonds is 6. The third kappa shape index (κ3) is 3.99. The number of carbonyl (C=O) groups excluding carboxylic acids is 1. The van der Waals surface area contributed by atoms with Gasteiger partial charge >= 0.3 is 0 Å². The first-order chi connectivity index (χ1) is 9.65. The molecule has 0 saturated carbocycles. The molecule has 2 atom stereocenters. The minimum Gasteiger partial charge on any atom is -0.393 e. The van der Waals surface area contributed by atoms with Crippen LogP contribution in [-0.2, 0) is 20.2 Å². The van der Waals surface area contributed by atoms with Crippen LogP contribution in [0.15, 0.2) is 29.2 Å². The van der Waals surface area contributed by atoms with Gasteiger partial charge in [-0.3, -0.25) is 4.79 Å². The number of aliphatic hydroxyl groups is 2. The van der Waals surface area contributed by atoms with Crippen molar-refractivity contribution >= 4 is 15.7 Å². The molecule has 1 rings (SSSR count). The summed E-state index contributed by atoms with van der Waals surface area (Å²) in [6.45, 7) is -0.766. The summed E-state index contributed by atoms with van der Waals surface area (Å²) in [6, 6.07) is 3.70. The first-order valence-electron chi connectivity index (χ1n) is 6.12. The molecule has 0 unspecified atom stereocenters. The van der Waals surface area contributed by atoms with Crippen LogP contribution >= 0.6 is 0 Å². The zero-order valence-electron chi connectivity index (χ0n) is 11.7. The molecule has 6 nitrogen and oxygen atoms in total. The van der Waals surface area contributed by atoms with E-state index in [0.717, 1.165) is 13.2 Å². The Kier molecular flexibility index (Phi) is 5.43. The Labute approximate surface area is 122 Å². The van der Waals surface area contributed by atoms with Crippen molar-refractivity contribution in [2.45, 2.75) is 23.5 Å². The number of benzene rings is 1. The van der Waals surface area contributed by atoms with Gasteiger partial charge in [-0.1, -0.05) is 12.1 Å². The van der Waals surface area contributed by atoms with Crippen LogP contribution in [0.4, 0.5) is 4.39 Å². The van der Waals surface area contributed by atoms with Gasteiger partial charge in [-0.05, 0) is 17.7 Å². The Bertz CT molecular complexity index is 601. The Balaban J connectivity index is 3.21. The van der Waals surface area contributed by atoms with Crippen molar-refractivity contribution < 1.29 is 27.8 Å². The summed E-state index contributed by atoms with van der Waals surface area (Å²) in [6.07, 6.45) is 1.03. The molecule has 1 aromatic rings. The highest BCUT2D eigenvalue weighted by Crippen LogP contribution is 2.26. The van der Waals surface area contributed by atoms with Gasteiger partial charge < -0.3 is 15.5 Å². The molecule has 3 N–H and O–H groups in total. The summed E-state index contributed by atoms with van der Waals surface area (Å²) in [7, 11) is -3.40. The molecular formula is C13H18FNO5S. The summed E-state index contributed by atoms with van der Waals surface area (Å²) in [5.74, 6) is -0.558. The van der Waals surface area contributed by atoms with Gasteiger partial charge in [0.05, 0.1) is 17.5 Å². The van der Waals surface area contributed by atoms with E-state index in [-0.39, 0.29) is 10.5 Å². The Morgan fingerprint density at radius 2 is 1.90 bits per heavy atom. The van der Waals surface area contributed by atoms with Gasteiger partial charge in [0.1, 0.15) is 12.3 Å². The van der Waals surface area contributed by atoms with Crippen LogP contribution in [0.2, 0.25) is 0 Å². The highest BCUT2D eigenvalue weighted by atomic mass is 32.2. The summed E-state index contributed by atoms with van der Waals surface area (Å²) in [5, 5.41) is 22.1. The molecule has 0 radical (unpaired) electrons. The molecule has 21 heavy (non-hydrogen) atoms. The average molecular weight is 319 g/mol. The fourth-order valence-corrected chi connectivity index (χ4v) is 2.55. The number of halogens is 1. The number of amides is 1. The van der Waals surface area contributed by atoms with E-state index in [9.17, 15) is 27.8 Å². The lowest BCUT2D eigenvalue weighted by Gasteiger charge is -2.33. The third-order valence-corrected chi connectivity index (χ3v) is 4.26. The maximum atomic E-state index is 13.1. The Morgan fingerprint density at radius 1 is 1.38 bits per heavy atom. The smallest absolute Gasteiger partial charge is 0.217 e. The van der Waals surface area contributed by atoms with Gasteiger partial charge in [-0.15, -0.1) is 0 Å². The summed E-state index contributed by atoms with van der Waals surface area (Å²) in [5.41, 5.74) is -1.94. The number of carbonyl (C=O) groups is 1. The zero-order valence-corrected chi connectivity index (χ0v) is 12.5. The molecule has 0 bridgehead atoms. The molecule has 0 aromatic heterocycles. The van der Waals surface area contributed by atoms with Crippen molar-refractivity contribution in [3.8, 4) is 0 Å². The SMILES string of the molecule is CC(=O)N[C@H](CF)[C@@](O)(CO)c1ccc(S(C)(=O)=O)cc1. The van der Waals surface area contributed by atoms with Crippen LogP contribution in [0.25, 0.3) is 0 Å². The van der Waals surface area contributed by atoms with E-state index >= 15 is 0 Å². The maximum absolute atomic E-state index is 13.1.